The zero-order chi connectivity index (χ0) is 12.6. The molecule has 3 rings (SSSR count). The van der Waals surface area contributed by atoms with Gasteiger partial charge in [-0.25, -0.2) is 19.3 Å². The van der Waals surface area contributed by atoms with Gasteiger partial charge < -0.3 is 5.32 Å². The number of fused-ring (bicyclic) bond motifs is 1. The second kappa shape index (κ2) is 4.28. The third-order valence-electron chi connectivity index (χ3n) is 3.52. The summed E-state index contributed by atoms with van der Waals surface area (Å²) in [5.74, 6) is 1.27. The van der Waals surface area contributed by atoms with Crippen molar-refractivity contribution >= 4 is 23.1 Å². The van der Waals surface area contributed by atoms with E-state index in [4.69, 9.17) is 11.6 Å². The van der Waals surface area contributed by atoms with Crippen LogP contribution in [0.3, 0.4) is 0 Å². The summed E-state index contributed by atoms with van der Waals surface area (Å²) in [5, 5.41) is 9.69. The molecular weight excluding hydrogens is 254 g/mol. The van der Waals surface area contributed by atoms with Gasteiger partial charge in [-0.1, -0.05) is 12.8 Å². The lowest BCUT2D eigenvalue weighted by atomic mass is 10.0. The van der Waals surface area contributed by atoms with Gasteiger partial charge in [0.05, 0.1) is 5.54 Å². The fourth-order valence-electron chi connectivity index (χ4n) is 2.49. The molecule has 0 unspecified atom stereocenters. The molecule has 0 aromatic carbocycles. The van der Waals surface area contributed by atoms with Crippen LogP contribution in [0.2, 0.25) is 0 Å². The molecule has 18 heavy (non-hydrogen) atoms. The average molecular weight is 268 g/mol. The minimum atomic E-state index is -0.281. The van der Waals surface area contributed by atoms with Crippen LogP contribution in [0.15, 0.2) is 17.2 Å². The average Bonchev–Trinajstić information content (AvgIpc) is 2.98. The Morgan fingerprint density at radius 3 is 3.00 bits per heavy atom. The summed E-state index contributed by atoms with van der Waals surface area (Å²) in [6, 6.07) is 1.75. The first-order valence-corrected chi connectivity index (χ1v) is 6.53. The first-order valence-electron chi connectivity index (χ1n) is 5.99. The summed E-state index contributed by atoms with van der Waals surface area (Å²) in [7, 11) is 0. The van der Waals surface area contributed by atoms with Crippen molar-refractivity contribution in [2.24, 2.45) is 0 Å². The maximum atomic E-state index is 11.3. The van der Waals surface area contributed by atoms with Gasteiger partial charge in [0.25, 0.3) is 0 Å². The molecule has 2 aromatic rings. The van der Waals surface area contributed by atoms with E-state index in [0.717, 1.165) is 12.8 Å². The number of hydrogen-bond donors (Lipinski definition) is 2. The van der Waals surface area contributed by atoms with Crippen LogP contribution in [0.1, 0.15) is 25.7 Å². The lowest BCUT2D eigenvalue weighted by Gasteiger charge is -2.28. The topological polar surface area (TPSA) is 75.1 Å². The summed E-state index contributed by atoms with van der Waals surface area (Å²) in [5.41, 5.74) is 0.209. The molecule has 0 bridgehead atoms. The van der Waals surface area contributed by atoms with E-state index in [1.165, 1.54) is 23.6 Å². The number of alkyl halides is 1. The van der Waals surface area contributed by atoms with E-state index in [-0.39, 0.29) is 11.2 Å². The van der Waals surface area contributed by atoms with Gasteiger partial charge >= 0.3 is 5.69 Å². The van der Waals surface area contributed by atoms with Crippen LogP contribution >= 0.6 is 11.6 Å². The second-order valence-corrected chi connectivity index (χ2v) is 5.04. The number of aromatic nitrogens is 4. The van der Waals surface area contributed by atoms with Crippen LogP contribution in [0, 0.1) is 0 Å². The maximum Gasteiger partial charge on any atom is 0.348 e. The van der Waals surface area contributed by atoms with E-state index >= 15 is 0 Å². The number of halogens is 1. The Labute approximate surface area is 108 Å². The monoisotopic (exact) mass is 267 g/mol. The zero-order valence-corrected chi connectivity index (χ0v) is 10.6. The molecule has 0 spiro atoms. The quantitative estimate of drug-likeness (QED) is 0.824. The third-order valence-corrected chi connectivity index (χ3v) is 4.03. The highest BCUT2D eigenvalue weighted by Crippen LogP contribution is 2.33. The Kier molecular flexibility index (Phi) is 2.74. The molecule has 0 amide bonds. The summed E-state index contributed by atoms with van der Waals surface area (Å²) in [6.07, 6.45) is 5.95. The van der Waals surface area contributed by atoms with Gasteiger partial charge in [-0.15, -0.1) is 11.6 Å². The summed E-state index contributed by atoms with van der Waals surface area (Å²) < 4.78 is 1.37. The number of rotatable bonds is 3. The van der Waals surface area contributed by atoms with E-state index in [9.17, 15) is 4.79 Å². The Balaban J connectivity index is 1.92. The molecule has 96 valence electrons. The fraction of sp³-hybridized carbons (Fsp3) is 0.545. The highest BCUT2D eigenvalue weighted by molar-refractivity contribution is 6.18. The molecule has 6 nitrogen and oxygen atoms in total. The number of nitrogens with one attached hydrogen (secondary N) is 2. The van der Waals surface area contributed by atoms with Crippen LogP contribution in [0.4, 0.5) is 5.82 Å². The minimum absolute atomic E-state index is 0.0660. The molecule has 1 fully saturated rings. The SMILES string of the molecule is O=c1[nH]nc2cc(NC3(CCl)CCCC3)ncn12. The summed E-state index contributed by atoms with van der Waals surface area (Å²) in [6.45, 7) is 0. The van der Waals surface area contributed by atoms with Crippen molar-refractivity contribution in [1.82, 2.24) is 19.6 Å². The molecule has 2 N–H and O–H groups in total. The molecule has 2 aromatic heterocycles. The predicted molar refractivity (Wildman–Crippen MR) is 69.1 cm³/mol. The van der Waals surface area contributed by atoms with Gasteiger partial charge in [0.15, 0.2) is 5.65 Å². The molecule has 0 saturated heterocycles. The number of H-pyrrole nitrogens is 1. The smallest absolute Gasteiger partial charge is 0.348 e. The van der Waals surface area contributed by atoms with Crippen molar-refractivity contribution in [1.29, 1.82) is 0 Å². The van der Waals surface area contributed by atoms with Gasteiger partial charge in [-0.05, 0) is 12.8 Å². The number of nitrogens with zero attached hydrogens (tertiary/aromatic N) is 3. The molecule has 1 aliphatic rings. The van der Waals surface area contributed by atoms with Crippen LogP contribution in [0.25, 0.3) is 5.65 Å². The highest BCUT2D eigenvalue weighted by atomic mass is 35.5. The Hall–Kier alpha value is -1.56. The van der Waals surface area contributed by atoms with Crippen molar-refractivity contribution in [3.63, 3.8) is 0 Å². The van der Waals surface area contributed by atoms with Gasteiger partial charge in [0, 0.05) is 11.9 Å². The van der Waals surface area contributed by atoms with Crippen molar-refractivity contribution < 1.29 is 0 Å². The van der Waals surface area contributed by atoms with Crippen LogP contribution in [-0.2, 0) is 0 Å². The van der Waals surface area contributed by atoms with E-state index in [2.05, 4.69) is 20.5 Å². The number of anilines is 1. The van der Waals surface area contributed by atoms with E-state index < -0.39 is 0 Å². The van der Waals surface area contributed by atoms with Crippen molar-refractivity contribution in [2.75, 3.05) is 11.2 Å². The molecule has 7 heteroatoms. The second-order valence-electron chi connectivity index (χ2n) is 4.78. The van der Waals surface area contributed by atoms with Gasteiger partial charge in [-0.3, -0.25) is 0 Å². The normalized spacial score (nSPS) is 18.3. The van der Waals surface area contributed by atoms with Gasteiger partial charge in [0.2, 0.25) is 0 Å². The third kappa shape index (κ3) is 1.86. The zero-order valence-electron chi connectivity index (χ0n) is 9.82. The number of aromatic amines is 1. The van der Waals surface area contributed by atoms with Crippen molar-refractivity contribution in [3.8, 4) is 0 Å². The molecule has 1 aliphatic carbocycles. The Bertz CT molecular complexity index is 613. The lowest BCUT2D eigenvalue weighted by molar-refractivity contribution is 0.537. The summed E-state index contributed by atoms with van der Waals surface area (Å²) in [4.78, 5) is 15.5. The fourth-order valence-corrected chi connectivity index (χ4v) is 2.83. The van der Waals surface area contributed by atoms with Crippen molar-refractivity contribution in [3.05, 3.63) is 22.9 Å². The van der Waals surface area contributed by atoms with E-state index in [0.29, 0.717) is 17.3 Å². The number of hydrogen-bond acceptors (Lipinski definition) is 4. The van der Waals surface area contributed by atoms with E-state index in [1.54, 1.807) is 6.07 Å². The summed E-state index contributed by atoms with van der Waals surface area (Å²) >= 11 is 6.07. The maximum absolute atomic E-state index is 11.3. The van der Waals surface area contributed by atoms with Gasteiger partial charge in [-0.2, -0.15) is 5.10 Å². The van der Waals surface area contributed by atoms with Crippen molar-refractivity contribution in [2.45, 2.75) is 31.2 Å². The first-order chi connectivity index (χ1) is 8.72. The molecule has 0 radical (unpaired) electrons. The molecule has 2 heterocycles. The largest absolute Gasteiger partial charge is 0.363 e. The van der Waals surface area contributed by atoms with Crippen LogP contribution in [0.5, 0.6) is 0 Å². The first kappa shape index (κ1) is 11.5. The van der Waals surface area contributed by atoms with Gasteiger partial charge in [0.1, 0.15) is 12.1 Å². The van der Waals surface area contributed by atoms with Crippen LogP contribution < -0.4 is 11.0 Å². The minimum Gasteiger partial charge on any atom is -0.363 e. The predicted octanol–water partition coefficient (Wildman–Crippen LogP) is 1.38. The Morgan fingerprint density at radius 1 is 1.50 bits per heavy atom. The standard InChI is InChI=1S/C11H14ClN5O/c12-6-11(3-1-2-4-11)14-8-5-9-15-16-10(18)17(9)7-13-8/h5,7,14H,1-4,6H2,(H,16,18). The molecule has 1 saturated carbocycles. The lowest BCUT2D eigenvalue weighted by Crippen LogP contribution is -2.37. The highest BCUT2D eigenvalue weighted by Gasteiger charge is 2.33. The molecule has 0 atom stereocenters. The molecular formula is C11H14ClN5O. The Morgan fingerprint density at radius 2 is 2.28 bits per heavy atom. The van der Waals surface area contributed by atoms with Crippen LogP contribution in [-0.4, -0.2) is 31.0 Å². The molecule has 0 aliphatic heterocycles. The van der Waals surface area contributed by atoms with E-state index in [1.807, 2.05) is 0 Å².